The molecule has 0 bridgehead atoms. The third-order valence-corrected chi connectivity index (χ3v) is 6.26. The first-order valence-electron chi connectivity index (χ1n) is 9.85. The first-order chi connectivity index (χ1) is 14.5. The largest absolute Gasteiger partial charge is 0.326 e. The van der Waals surface area contributed by atoms with Gasteiger partial charge in [-0.1, -0.05) is 78.9 Å². The molecule has 2 fully saturated rings. The number of para-hydroxylation sites is 1. The molecule has 6 nitrogen and oxygen atoms in total. The van der Waals surface area contributed by atoms with Crippen molar-refractivity contribution in [3.63, 3.8) is 0 Å². The summed E-state index contributed by atoms with van der Waals surface area (Å²) in [6.45, 7) is 0. The molecule has 30 heavy (non-hydrogen) atoms. The molecule has 0 radical (unpaired) electrons. The van der Waals surface area contributed by atoms with Crippen molar-refractivity contribution in [3.8, 4) is 0 Å². The van der Waals surface area contributed by atoms with Crippen molar-refractivity contribution in [2.75, 3.05) is 19.0 Å². The van der Waals surface area contributed by atoms with Crippen molar-refractivity contribution in [2.24, 2.45) is 0 Å². The molecule has 2 aliphatic rings. The van der Waals surface area contributed by atoms with E-state index in [0.717, 1.165) is 11.1 Å². The topological polar surface area (TPSA) is 55.9 Å². The van der Waals surface area contributed by atoms with Crippen LogP contribution in [0.1, 0.15) is 11.1 Å². The van der Waals surface area contributed by atoms with Crippen LogP contribution in [0.2, 0.25) is 0 Å². The summed E-state index contributed by atoms with van der Waals surface area (Å²) in [5.41, 5.74) is 0.151. The predicted octanol–water partition coefficient (Wildman–Crippen LogP) is 3.92. The summed E-state index contributed by atoms with van der Waals surface area (Å²) >= 11 is 0. The van der Waals surface area contributed by atoms with Gasteiger partial charge in [-0.05, 0) is 12.1 Å². The molecule has 3 aromatic carbocycles. The molecule has 3 aromatic rings. The van der Waals surface area contributed by atoms with Gasteiger partial charge in [-0.25, -0.2) is 9.59 Å². The van der Waals surface area contributed by atoms with Gasteiger partial charge < -0.3 is 5.32 Å². The summed E-state index contributed by atoms with van der Waals surface area (Å²) in [5.74, 6) is 0. The lowest BCUT2D eigenvalue weighted by Crippen LogP contribution is -2.62. The molecule has 0 saturated carbocycles. The lowest BCUT2D eigenvalue weighted by atomic mass is 9.80. The fourth-order valence-corrected chi connectivity index (χ4v) is 5.05. The molecule has 0 unspecified atom stereocenters. The molecule has 5 rings (SSSR count). The van der Waals surface area contributed by atoms with Gasteiger partial charge in [-0.3, -0.25) is 14.7 Å². The Morgan fingerprint density at radius 1 is 0.667 bits per heavy atom. The van der Waals surface area contributed by atoms with Gasteiger partial charge in [0.1, 0.15) is 0 Å². The molecule has 2 aliphatic heterocycles. The van der Waals surface area contributed by atoms with Crippen LogP contribution in [-0.2, 0) is 11.3 Å². The average Bonchev–Trinajstić information content (AvgIpc) is 3.17. The number of likely N-dealkylation sites (N-methyl/N-ethyl adjacent to an activating group) is 2. The van der Waals surface area contributed by atoms with E-state index in [9.17, 15) is 9.59 Å². The number of amides is 4. The number of urea groups is 2. The lowest BCUT2D eigenvalue weighted by molar-refractivity contribution is 0.0784. The minimum absolute atomic E-state index is 0.177. The maximum Gasteiger partial charge on any atom is 0.326 e. The van der Waals surface area contributed by atoms with Crippen LogP contribution >= 0.6 is 0 Å². The molecule has 2 heterocycles. The molecule has 0 aliphatic carbocycles. The van der Waals surface area contributed by atoms with Gasteiger partial charge in [0.15, 0.2) is 11.3 Å². The van der Waals surface area contributed by atoms with E-state index in [1.165, 1.54) is 0 Å². The molecule has 2 saturated heterocycles. The minimum Gasteiger partial charge on any atom is -0.307 e. The standard InChI is InChI=1S/C24H22N4O2/c1-26-22(30)27(2)24(19-14-8-4-9-15-19)23(26,18-12-6-3-7-13-18)25-21(29)28(24)20-16-10-5-11-17-20/h3-17H,1-2H3,(H,25,29)/t23-,24+/m0/s1. The monoisotopic (exact) mass is 398 g/mol. The van der Waals surface area contributed by atoms with Gasteiger partial charge in [0.2, 0.25) is 0 Å². The predicted molar refractivity (Wildman–Crippen MR) is 115 cm³/mol. The molecular weight excluding hydrogens is 376 g/mol. The fraction of sp³-hybridized carbons (Fsp3) is 0.167. The molecule has 6 heteroatoms. The van der Waals surface area contributed by atoms with Gasteiger partial charge in [0, 0.05) is 30.9 Å². The van der Waals surface area contributed by atoms with Crippen molar-refractivity contribution in [1.29, 1.82) is 0 Å². The maximum atomic E-state index is 13.6. The Kier molecular flexibility index (Phi) is 3.86. The fourth-order valence-electron chi connectivity index (χ4n) is 5.05. The van der Waals surface area contributed by atoms with Crippen LogP contribution < -0.4 is 10.2 Å². The van der Waals surface area contributed by atoms with E-state index in [1.807, 2.05) is 91.0 Å². The average molecular weight is 398 g/mol. The second-order valence-electron chi connectivity index (χ2n) is 7.62. The molecule has 2 atom stereocenters. The highest BCUT2D eigenvalue weighted by Crippen LogP contribution is 2.57. The van der Waals surface area contributed by atoms with Crippen LogP contribution in [-0.4, -0.2) is 36.0 Å². The summed E-state index contributed by atoms with van der Waals surface area (Å²) < 4.78 is 0. The number of nitrogens with zero attached hydrogens (tertiary/aromatic N) is 3. The zero-order valence-electron chi connectivity index (χ0n) is 16.8. The van der Waals surface area contributed by atoms with E-state index in [2.05, 4.69) is 5.32 Å². The molecule has 1 N–H and O–H groups in total. The van der Waals surface area contributed by atoms with Gasteiger partial charge in [-0.15, -0.1) is 0 Å². The second kappa shape index (κ2) is 6.35. The normalized spacial score (nSPS) is 25.5. The number of fused-ring (bicyclic) bond motifs is 1. The Morgan fingerprint density at radius 2 is 1.17 bits per heavy atom. The Balaban J connectivity index is 1.91. The third-order valence-electron chi connectivity index (χ3n) is 6.26. The zero-order chi connectivity index (χ0) is 20.9. The van der Waals surface area contributed by atoms with Gasteiger partial charge in [0.25, 0.3) is 0 Å². The van der Waals surface area contributed by atoms with E-state index in [0.29, 0.717) is 5.69 Å². The van der Waals surface area contributed by atoms with Crippen molar-refractivity contribution in [2.45, 2.75) is 11.3 Å². The van der Waals surface area contributed by atoms with E-state index in [-0.39, 0.29) is 12.1 Å². The van der Waals surface area contributed by atoms with Gasteiger partial charge in [0.05, 0.1) is 0 Å². The molecule has 0 spiro atoms. The molecule has 0 aromatic heterocycles. The Bertz CT molecular complexity index is 1110. The first kappa shape index (κ1) is 18.2. The summed E-state index contributed by atoms with van der Waals surface area (Å²) in [7, 11) is 3.50. The number of hydrogen-bond donors (Lipinski definition) is 1. The highest BCUT2D eigenvalue weighted by molar-refractivity contribution is 6.01. The molecule has 150 valence electrons. The SMILES string of the molecule is CN1C(=O)N(C)[C@]2(c3ccccc3)NC(=O)N(c3ccccc3)[C@@]12c1ccccc1. The van der Waals surface area contributed by atoms with Gasteiger partial charge in [-0.2, -0.15) is 0 Å². The summed E-state index contributed by atoms with van der Waals surface area (Å²) in [5, 5.41) is 3.19. The number of anilines is 1. The first-order valence-corrected chi connectivity index (χ1v) is 9.85. The summed E-state index contributed by atoms with van der Waals surface area (Å²) in [6.07, 6.45) is 0. The van der Waals surface area contributed by atoms with Crippen LogP contribution in [0, 0.1) is 0 Å². The Hall–Kier alpha value is -3.80. The highest BCUT2D eigenvalue weighted by atomic mass is 16.2. The van der Waals surface area contributed by atoms with Crippen molar-refractivity contribution in [1.82, 2.24) is 15.1 Å². The Labute approximate surface area is 175 Å². The van der Waals surface area contributed by atoms with Crippen molar-refractivity contribution >= 4 is 17.7 Å². The minimum atomic E-state index is -1.13. The number of carbonyl (C=O) groups is 2. The van der Waals surface area contributed by atoms with Crippen LogP contribution in [0.25, 0.3) is 0 Å². The van der Waals surface area contributed by atoms with Crippen molar-refractivity contribution in [3.05, 3.63) is 102 Å². The Morgan fingerprint density at radius 3 is 1.73 bits per heavy atom. The van der Waals surface area contributed by atoms with E-state index in [1.54, 1.807) is 28.8 Å². The number of rotatable bonds is 3. The van der Waals surface area contributed by atoms with Gasteiger partial charge >= 0.3 is 12.1 Å². The van der Waals surface area contributed by atoms with E-state index < -0.39 is 11.3 Å². The summed E-state index contributed by atoms with van der Waals surface area (Å²) in [6, 6.07) is 28.5. The van der Waals surface area contributed by atoms with E-state index >= 15 is 0 Å². The third kappa shape index (κ3) is 2.03. The van der Waals surface area contributed by atoms with Crippen LogP contribution in [0.3, 0.4) is 0 Å². The smallest absolute Gasteiger partial charge is 0.307 e. The van der Waals surface area contributed by atoms with Crippen LogP contribution in [0.5, 0.6) is 0 Å². The summed E-state index contributed by atoms with van der Waals surface area (Å²) in [4.78, 5) is 32.0. The highest BCUT2D eigenvalue weighted by Gasteiger charge is 2.75. The quantitative estimate of drug-likeness (QED) is 0.727. The maximum absolute atomic E-state index is 13.6. The molecule has 4 amide bonds. The van der Waals surface area contributed by atoms with Crippen LogP contribution in [0.15, 0.2) is 91.0 Å². The van der Waals surface area contributed by atoms with Crippen molar-refractivity contribution < 1.29 is 9.59 Å². The van der Waals surface area contributed by atoms with E-state index in [4.69, 9.17) is 0 Å². The lowest BCUT2D eigenvalue weighted by Gasteiger charge is -2.47. The number of benzene rings is 3. The van der Waals surface area contributed by atoms with Crippen LogP contribution in [0.4, 0.5) is 15.3 Å². The number of nitrogens with one attached hydrogen (secondary N) is 1. The number of hydrogen-bond acceptors (Lipinski definition) is 2. The second-order valence-corrected chi connectivity index (χ2v) is 7.62. The molecular formula is C24H22N4O2. The number of carbonyl (C=O) groups excluding carboxylic acids is 2. The zero-order valence-corrected chi connectivity index (χ0v) is 16.8.